The summed E-state index contributed by atoms with van der Waals surface area (Å²) in [6, 6.07) is 0. The minimum Gasteiger partial charge on any atom is -0.330 e. The molecule has 0 unspecified atom stereocenters. The van der Waals surface area contributed by atoms with Crippen molar-refractivity contribution in [2.45, 2.75) is 34.2 Å². The van der Waals surface area contributed by atoms with Crippen molar-refractivity contribution < 1.29 is 4.92 Å². The monoisotopic (exact) mass is 280 g/mol. The Hall–Kier alpha value is -1.53. The van der Waals surface area contributed by atoms with Gasteiger partial charge in [0.15, 0.2) is 0 Å². The highest BCUT2D eigenvalue weighted by Crippen LogP contribution is 2.25. The summed E-state index contributed by atoms with van der Waals surface area (Å²) in [5.74, 6) is 0. The summed E-state index contributed by atoms with van der Waals surface area (Å²) in [6.45, 7) is 9.65. The lowest BCUT2D eigenvalue weighted by molar-refractivity contribution is -0.386. The number of aryl methyl sites for hydroxylation is 1. The van der Waals surface area contributed by atoms with Crippen LogP contribution in [0.15, 0.2) is 6.20 Å². The third-order valence-corrected chi connectivity index (χ3v) is 3.43. The molecule has 112 valence electrons. The van der Waals surface area contributed by atoms with Gasteiger partial charge in [0.05, 0.1) is 10.6 Å². The van der Waals surface area contributed by atoms with Gasteiger partial charge in [-0.15, -0.1) is 0 Å². The highest BCUT2D eigenvalue weighted by atomic mass is 16.6. The third-order valence-electron chi connectivity index (χ3n) is 3.43. The van der Waals surface area contributed by atoms with Crippen molar-refractivity contribution >= 4 is 5.69 Å². The van der Waals surface area contributed by atoms with E-state index in [0.29, 0.717) is 24.2 Å². The molecule has 0 saturated carbocycles. The maximum absolute atomic E-state index is 11.1. The van der Waals surface area contributed by atoms with Crippen molar-refractivity contribution in [3.63, 3.8) is 0 Å². The zero-order valence-electron chi connectivity index (χ0n) is 12.9. The highest BCUT2D eigenvalue weighted by Gasteiger charge is 2.22. The van der Waals surface area contributed by atoms with Gasteiger partial charge in [0.2, 0.25) is 0 Å². The van der Waals surface area contributed by atoms with E-state index >= 15 is 0 Å². The number of pyridine rings is 1. The van der Waals surface area contributed by atoms with Gasteiger partial charge in [0.1, 0.15) is 0 Å². The molecule has 0 atom stereocenters. The Morgan fingerprint density at radius 2 is 2.05 bits per heavy atom. The molecule has 0 aromatic carbocycles. The Bertz CT molecular complexity index is 500. The smallest absolute Gasteiger partial charge is 0.278 e. The number of rotatable bonds is 6. The molecular weight excluding hydrogens is 256 g/mol. The van der Waals surface area contributed by atoms with E-state index in [1.165, 1.54) is 0 Å². The van der Waals surface area contributed by atoms with Crippen LogP contribution in [-0.2, 0) is 6.54 Å². The SMILES string of the molecule is Cc1cnc(CN(C)CC(C)(C)CN)c(C)c1[N+](=O)[O-]. The second-order valence-corrected chi connectivity index (χ2v) is 6.16. The van der Waals surface area contributed by atoms with Crippen molar-refractivity contribution in [2.75, 3.05) is 20.1 Å². The van der Waals surface area contributed by atoms with E-state index < -0.39 is 0 Å². The predicted molar refractivity (Wildman–Crippen MR) is 79.5 cm³/mol. The molecule has 1 rings (SSSR count). The fraction of sp³-hybridized carbons (Fsp3) is 0.643. The van der Waals surface area contributed by atoms with Gasteiger partial charge in [0.25, 0.3) is 5.69 Å². The van der Waals surface area contributed by atoms with Crippen LogP contribution in [0.3, 0.4) is 0 Å². The second kappa shape index (κ2) is 6.28. The maximum atomic E-state index is 11.1. The summed E-state index contributed by atoms with van der Waals surface area (Å²) in [5, 5.41) is 11.1. The summed E-state index contributed by atoms with van der Waals surface area (Å²) in [7, 11) is 1.98. The fourth-order valence-corrected chi connectivity index (χ4v) is 2.31. The van der Waals surface area contributed by atoms with Crippen LogP contribution in [0, 0.1) is 29.4 Å². The molecular formula is C14H24N4O2. The summed E-state index contributed by atoms with van der Waals surface area (Å²) in [4.78, 5) is 17.2. The average Bonchev–Trinajstić information content (AvgIpc) is 2.32. The largest absolute Gasteiger partial charge is 0.330 e. The Morgan fingerprint density at radius 3 is 2.55 bits per heavy atom. The van der Waals surface area contributed by atoms with Crippen LogP contribution in [0.25, 0.3) is 0 Å². The molecule has 0 aliphatic carbocycles. The molecule has 0 spiro atoms. The lowest BCUT2D eigenvalue weighted by Gasteiger charge is -2.29. The topological polar surface area (TPSA) is 85.3 Å². The normalized spacial score (nSPS) is 11.9. The van der Waals surface area contributed by atoms with Crippen LogP contribution in [0.1, 0.15) is 30.7 Å². The van der Waals surface area contributed by atoms with Crippen LogP contribution >= 0.6 is 0 Å². The van der Waals surface area contributed by atoms with Crippen molar-refractivity contribution in [2.24, 2.45) is 11.1 Å². The van der Waals surface area contributed by atoms with Crippen molar-refractivity contribution in [3.8, 4) is 0 Å². The third kappa shape index (κ3) is 3.98. The van der Waals surface area contributed by atoms with Crippen molar-refractivity contribution in [1.29, 1.82) is 0 Å². The zero-order valence-corrected chi connectivity index (χ0v) is 12.9. The number of nitrogens with two attached hydrogens (primary N) is 1. The van der Waals surface area contributed by atoms with E-state index in [1.807, 2.05) is 7.05 Å². The predicted octanol–water partition coefficient (Wildman–Crippen LogP) is 2.02. The molecule has 0 saturated heterocycles. The molecule has 2 N–H and O–H groups in total. The van der Waals surface area contributed by atoms with Gasteiger partial charge in [-0.05, 0) is 32.9 Å². The van der Waals surface area contributed by atoms with E-state index in [9.17, 15) is 10.1 Å². The van der Waals surface area contributed by atoms with E-state index in [4.69, 9.17) is 5.73 Å². The van der Waals surface area contributed by atoms with E-state index in [0.717, 1.165) is 12.2 Å². The molecule has 0 amide bonds. The van der Waals surface area contributed by atoms with E-state index in [-0.39, 0.29) is 16.0 Å². The fourth-order valence-electron chi connectivity index (χ4n) is 2.31. The summed E-state index contributed by atoms with van der Waals surface area (Å²) in [6.07, 6.45) is 1.57. The molecule has 0 radical (unpaired) electrons. The molecule has 20 heavy (non-hydrogen) atoms. The first-order chi connectivity index (χ1) is 9.18. The van der Waals surface area contributed by atoms with E-state index in [2.05, 4.69) is 23.7 Å². The summed E-state index contributed by atoms with van der Waals surface area (Å²) >= 11 is 0. The molecule has 6 heteroatoms. The molecule has 0 bridgehead atoms. The Kier molecular flexibility index (Phi) is 5.19. The Labute approximate surface area is 120 Å². The minimum atomic E-state index is -0.334. The van der Waals surface area contributed by atoms with Gasteiger partial charge in [-0.2, -0.15) is 0 Å². The van der Waals surface area contributed by atoms with Gasteiger partial charge >= 0.3 is 0 Å². The zero-order chi connectivity index (χ0) is 15.5. The Balaban J connectivity index is 2.94. The Morgan fingerprint density at radius 1 is 1.45 bits per heavy atom. The van der Waals surface area contributed by atoms with Crippen molar-refractivity contribution in [3.05, 3.63) is 33.1 Å². The van der Waals surface area contributed by atoms with Crippen LogP contribution in [0.5, 0.6) is 0 Å². The lowest BCUT2D eigenvalue weighted by Crippen LogP contribution is -2.36. The maximum Gasteiger partial charge on any atom is 0.278 e. The number of aromatic nitrogens is 1. The quantitative estimate of drug-likeness (QED) is 0.636. The second-order valence-electron chi connectivity index (χ2n) is 6.16. The highest BCUT2D eigenvalue weighted by molar-refractivity contribution is 5.47. The molecule has 6 nitrogen and oxygen atoms in total. The van der Waals surface area contributed by atoms with Crippen LogP contribution in [-0.4, -0.2) is 34.9 Å². The van der Waals surface area contributed by atoms with Gasteiger partial charge in [-0.25, -0.2) is 0 Å². The molecule has 0 aliphatic heterocycles. The van der Waals surface area contributed by atoms with E-state index in [1.54, 1.807) is 20.0 Å². The molecule has 1 aromatic heterocycles. The first-order valence-electron chi connectivity index (χ1n) is 6.66. The molecule has 0 fully saturated rings. The van der Waals surface area contributed by atoms with Crippen LogP contribution in [0.2, 0.25) is 0 Å². The van der Waals surface area contributed by atoms with Gasteiger partial charge in [-0.1, -0.05) is 13.8 Å². The number of hydrogen-bond acceptors (Lipinski definition) is 5. The van der Waals surface area contributed by atoms with Crippen LogP contribution in [0.4, 0.5) is 5.69 Å². The number of nitrogens with zero attached hydrogens (tertiary/aromatic N) is 3. The van der Waals surface area contributed by atoms with Crippen molar-refractivity contribution in [1.82, 2.24) is 9.88 Å². The summed E-state index contributed by atoms with van der Waals surface area (Å²) < 4.78 is 0. The first kappa shape index (κ1) is 16.5. The minimum absolute atomic E-state index is 0.0132. The summed E-state index contributed by atoms with van der Waals surface area (Å²) in [5.41, 5.74) is 7.90. The lowest BCUT2D eigenvalue weighted by atomic mass is 9.93. The van der Waals surface area contributed by atoms with Gasteiger partial charge in [-0.3, -0.25) is 20.0 Å². The standard InChI is InChI=1S/C14H24N4O2/c1-10-6-16-12(11(2)13(10)18(19)20)7-17(5)9-14(3,4)8-15/h6H,7-9,15H2,1-5H3. The molecule has 1 heterocycles. The number of hydrogen-bond donors (Lipinski definition) is 1. The first-order valence-corrected chi connectivity index (χ1v) is 6.66. The van der Waals surface area contributed by atoms with Gasteiger partial charge in [0, 0.05) is 30.4 Å². The molecule has 1 aromatic rings. The molecule has 0 aliphatic rings. The van der Waals surface area contributed by atoms with Crippen LogP contribution < -0.4 is 5.73 Å². The van der Waals surface area contributed by atoms with Gasteiger partial charge < -0.3 is 5.73 Å². The number of nitro groups is 1. The average molecular weight is 280 g/mol.